The molecule has 0 radical (unpaired) electrons. The lowest BCUT2D eigenvalue weighted by atomic mass is 9.99. The summed E-state index contributed by atoms with van der Waals surface area (Å²) in [7, 11) is 0. The average Bonchev–Trinajstić information content (AvgIpc) is 2.76. The van der Waals surface area contributed by atoms with Crippen LogP contribution in [0.4, 0.5) is 14.5 Å². The van der Waals surface area contributed by atoms with Gasteiger partial charge in [0.15, 0.2) is 0 Å². The second-order valence-corrected chi connectivity index (χ2v) is 5.28. The van der Waals surface area contributed by atoms with E-state index >= 15 is 0 Å². The minimum Gasteiger partial charge on any atom is -0.480 e. The van der Waals surface area contributed by atoms with E-state index < -0.39 is 29.0 Å². The molecular weight excluding hydrogens is 282 g/mol. The molecule has 1 amide bonds. The van der Waals surface area contributed by atoms with Crippen LogP contribution in [0.15, 0.2) is 18.2 Å². The van der Waals surface area contributed by atoms with Gasteiger partial charge >= 0.3 is 5.97 Å². The Bertz CT molecular complexity index is 579. The van der Waals surface area contributed by atoms with Crippen LogP contribution >= 0.6 is 0 Å². The normalized spacial score (nSPS) is 22.2. The summed E-state index contributed by atoms with van der Waals surface area (Å²) < 4.78 is 26.2. The Morgan fingerprint density at radius 1 is 1.43 bits per heavy atom. The number of hydrogen-bond donors (Lipinski definition) is 2. The van der Waals surface area contributed by atoms with Crippen LogP contribution in [0.3, 0.4) is 0 Å². The zero-order valence-corrected chi connectivity index (χ0v) is 11.5. The van der Waals surface area contributed by atoms with Crippen molar-refractivity contribution in [3.8, 4) is 0 Å². The van der Waals surface area contributed by atoms with Gasteiger partial charge in [0.2, 0.25) is 5.91 Å². The van der Waals surface area contributed by atoms with Crippen LogP contribution in [0.1, 0.15) is 19.8 Å². The van der Waals surface area contributed by atoms with Crippen molar-refractivity contribution in [2.75, 3.05) is 18.4 Å². The molecule has 0 aliphatic carbocycles. The molecular formula is C14H16F2N2O3. The average molecular weight is 298 g/mol. The van der Waals surface area contributed by atoms with E-state index in [4.69, 9.17) is 0 Å². The van der Waals surface area contributed by atoms with E-state index in [1.54, 1.807) is 11.8 Å². The zero-order chi connectivity index (χ0) is 15.6. The molecule has 0 spiro atoms. The maximum absolute atomic E-state index is 13.4. The van der Waals surface area contributed by atoms with E-state index in [0.29, 0.717) is 25.5 Å². The molecule has 0 aromatic heterocycles. The van der Waals surface area contributed by atoms with Crippen molar-refractivity contribution in [2.24, 2.45) is 0 Å². The molecule has 5 nitrogen and oxygen atoms in total. The predicted octanol–water partition coefficient (Wildman–Crippen LogP) is 1.84. The van der Waals surface area contributed by atoms with Crippen LogP contribution in [-0.4, -0.2) is 40.5 Å². The van der Waals surface area contributed by atoms with E-state index in [0.717, 1.165) is 12.1 Å². The van der Waals surface area contributed by atoms with Gasteiger partial charge in [-0.1, -0.05) is 0 Å². The second-order valence-electron chi connectivity index (χ2n) is 5.28. The van der Waals surface area contributed by atoms with Gasteiger partial charge in [0.25, 0.3) is 0 Å². The Hall–Kier alpha value is -2.02. The summed E-state index contributed by atoms with van der Waals surface area (Å²) in [5, 5.41) is 11.6. The van der Waals surface area contributed by atoms with Gasteiger partial charge in [0.1, 0.15) is 17.2 Å². The first-order valence-corrected chi connectivity index (χ1v) is 6.56. The van der Waals surface area contributed by atoms with Crippen LogP contribution in [-0.2, 0) is 9.59 Å². The first-order valence-electron chi connectivity index (χ1n) is 6.56. The quantitative estimate of drug-likeness (QED) is 0.890. The number of benzene rings is 1. The summed E-state index contributed by atoms with van der Waals surface area (Å²) in [6, 6.07) is 2.84. The molecule has 114 valence electrons. The smallest absolute Gasteiger partial charge is 0.323 e. The SMILES string of the molecule is CC1(C(=O)O)CCCN1CC(=O)Nc1ccc(F)cc1F. The Morgan fingerprint density at radius 3 is 2.76 bits per heavy atom. The first kappa shape index (κ1) is 15.4. The molecule has 1 atom stereocenters. The molecule has 1 aliphatic rings. The molecule has 1 aliphatic heterocycles. The summed E-state index contributed by atoms with van der Waals surface area (Å²) in [5.41, 5.74) is -1.21. The summed E-state index contributed by atoms with van der Waals surface area (Å²) in [6.45, 7) is 1.90. The number of anilines is 1. The number of amides is 1. The number of nitrogens with zero attached hydrogens (tertiary/aromatic N) is 1. The Balaban J connectivity index is 2.03. The Kier molecular flexibility index (Phi) is 4.22. The van der Waals surface area contributed by atoms with Gasteiger partial charge in [-0.3, -0.25) is 14.5 Å². The third-order valence-corrected chi connectivity index (χ3v) is 3.79. The lowest BCUT2D eigenvalue weighted by Gasteiger charge is -2.30. The number of aliphatic carboxylic acids is 1. The molecule has 1 aromatic carbocycles. The fourth-order valence-corrected chi connectivity index (χ4v) is 2.47. The standard InChI is InChI=1S/C14H16F2N2O3/c1-14(13(20)21)5-2-6-18(14)8-12(19)17-11-4-3-9(15)7-10(11)16/h3-4,7H,2,5-6,8H2,1H3,(H,17,19)(H,20,21). The fourth-order valence-electron chi connectivity index (χ4n) is 2.47. The summed E-state index contributed by atoms with van der Waals surface area (Å²) in [6.07, 6.45) is 1.14. The number of likely N-dealkylation sites (tertiary alicyclic amines) is 1. The Morgan fingerprint density at radius 2 is 2.14 bits per heavy atom. The molecule has 1 fully saturated rings. The van der Waals surface area contributed by atoms with E-state index in [-0.39, 0.29) is 12.2 Å². The first-order chi connectivity index (χ1) is 9.83. The second kappa shape index (κ2) is 5.77. The van der Waals surface area contributed by atoms with Gasteiger partial charge in [-0.2, -0.15) is 0 Å². The van der Waals surface area contributed by atoms with Gasteiger partial charge in [-0.05, 0) is 38.4 Å². The molecule has 1 heterocycles. The molecule has 2 rings (SSSR count). The largest absolute Gasteiger partial charge is 0.480 e. The van der Waals surface area contributed by atoms with Crippen LogP contribution in [0.2, 0.25) is 0 Å². The van der Waals surface area contributed by atoms with Crippen LogP contribution < -0.4 is 5.32 Å². The lowest BCUT2D eigenvalue weighted by Crippen LogP contribution is -2.50. The number of carbonyl (C=O) groups excluding carboxylic acids is 1. The number of rotatable bonds is 4. The third kappa shape index (κ3) is 3.18. The topological polar surface area (TPSA) is 69.6 Å². The molecule has 7 heteroatoms. The molecule has 2 N–H and O–H groups in total. The van der Waals surface area contributed by atoms with Crippen LogP contribution in [0.5, 0.6) is 0 Å². The third-order valence-electron chi connectivity index (χ3n) is 3.79. The van der Waals surface area contributed by atoms with E-state index in [9.17, 15) is 23.5 Å². The van der Waals surface area contributed by atoms with Crippen molar-refractivity contribution in [1.82, 2.24) is 4.90 Å². The minimum absolute atomic E-state index is 0.127. The fraction of sp³-hybridized carbons (Fsp3) is 0.429. The highest BCUT2D eigenvalue weighted by Crippen LogP contribution is 2.29. The monoisotopic (exact) mass is 298 g/mol. The highest BCUT2D eigenvalue weighted by atomic mass is 19.1. The van der Waals surface area contributed by atoms with Gasteiger partial charge in [-0.15, -0.1) is 0 Å². The maximum atomic E-state index is 13.4. The molecule has 1 aromatic rings. The maximum Gasteiger partial charge on any atom is 0.323 e. The molecule has 21 heavy (non-hydrogen) atoms. The van der Waals surface area contributed by atoms with Crippen molar-refractivity contribution in [3.63, 3.8) is 0 Å². The number of hydrogen-bond acceptors (Lipinski definition) is 3. The molecule has 0 saturated carbocycles. The number of carbonyl (C=O) groups is 2. The van der Waals surface area contributed by atoms with Crippen LogP contribution in [0.25, 0.3) is 0 Å². The minimum atomic E-state index is -1.08. The summed E-state index contributed by atoms with van der Waals surface area (Å²) in [5.74, 6) is -3.12. The van der Waals surface area contributed by atoms with Crippen LogP contribution in [0, 0.1) is 11.6 Å². The number of nitrogens with one attached hydrogen (secondary N) is 1. The molecule has 0 bridgehead atoms. The Labute approximate surface area is 120 Å². The molecule has 1 saturated heterocycles. The lowest BCUT2D eigenvalue weighted by molar-refractivity contribution is -0.149. The predicted molar refractivity (Wildman–Crippen MR) is 71.8 cm³/mol. The number of carboxylic acid groups (broad SMARTS) is 1. The van der Waals surface area contributed by atoms with Gasteiger partial charge < -0.3 is 10.4 Å². The van der Waals surface area contributed by atoms with E-state index in [1.807, 2.05) is 0 Å². The van der Waals surface area contributed by atoms with Crippen molar-refractivity contribution >= 4 is 17.6 Å². The van der Waals surface area contributed by atoms with Gasteiger partial charge in [0, 0.05) is 6.07 Å². The summed E-state index contributed by atoms with van der Waals surface area (Å²) >= 11 is 0. The van der Waals surface area contributed by atoms with Gasteiger partial charge in [0.05, 0.1) is 12.2 Å². The highest BCUT2D eigenvalue weighted by Gasteiger charge is 2.43. The van der Waals surface area contributed by atoms with Gasteiger partial charge in [-0.25, -0.2) is 8.78 Å². The number of carboxylic acids is 1. The van der Waals surface area contributed by atoms with E-state index in [2.05, 4.69) is 5.32 Å². The van der Waals surface area contributed by atoms with E-state index in [1.165, 1.54) is 0 Å². The van der Waals surface area contributed by atoms with Crippen molar-refractivity contribution in [1.29, 1.82) is 0 Å². The number of halogens is 2. The van der Waals surface area contributed by atoms with Crippen molar-refractivity contribution < 1.29 is 23.5 Å². The zero-order valence-electron chi connectivity index (χ0n) is 11.5. The van der Waals surface area contributed by atoms with Crippen molar-refractivity contribution in [2.45, 2.75) is 25.3 Å². The highest BCUT2D eigenvalue weighted by molar-refractivity contribution is 5.93. The van der Waals surface area contributed by atoms with Crippen molar-refractivity contribution in [3.05, 3.63) is 29.8 Å². The summed E-state index contributed by atoms with van der Waals surface area (Å²) in [4.78, 5) is 24.7. The molecule has 1 unspecified atom stereocenters.